The van der Waals surface area contributed by atoms with E-state index in [4.69, 9.17) is 4.74 Å². The third kappa shape index (κ3) is 3.78. The Labute approximate surface area is 76.0 Å². The third-order valence-electron chi connectivity index (χ3n) is 1.61. The van der Waals surface area contributed by atoms with E-state index in [1.807, 2.05) is 6.92 Å². The molecule has 5 heteroatoms. The summed E-state index contributed by atoms with van der Waals surface area (Å²) in [5, 5.41) is 0. The van der Waals surface area contributed by atoms with Crippen LogP contribution in [0.4, 0.5) is 4.79 Å². The van der Waals surface area contributed by atoms with E-state index in [2.05, 4.69) is 9.47 Å². The quantitative estimate of drug-likeness (QED) is 0.528. The van der Waals surface area contributed by atoms with Crippen LogP contribution in [0.25, 0.3) is 0 Å². The lowest BCUT2D eigenvalue weighted by Gasteiger charge is -1.95. The van der Waals surface area contributed by atoms with Crippen LogP contribution in [0.15, 0.2) is 0 Å². The largest absolute Gasteiger partial charge is 0.508 e. The van der Waals surface area contributed by atoms with Gasteiger partial charge in [0.1, 0.15) is 13.2 Å². The second-order valence-electron chi connectivity index (χ2n) is 2.79. The fourth-order valence-electron chi connectivity index (χ4n) is 0.955. The molecule has 2 fully saturated rings. The van der Waals surface area contributed by atoms with Gasteiger partial charge in [0.05, 0.1) is 6.10 Å². The van der Waals surface area contributed by atoms with Gasteiger partial charge in [-0.3, -0.25) is 4.79 Å². The summed E-state index contributed by atoms with van der Waals surface area (Å²) in [6.45, 7) is 2.74. The first-order chi connectivity index (χ1) is 6.18. The molecule has 2 aliphatic rings. The molecule has 0 spiro atoms. The van der Waals surface area contributed by atoms with Crippen LogP contribution >= 0.6 is 0 Å². The van der Waals surface area contributed by atoms with Gasteiger partial charge in [-0.1, -0.05) is 0 Å². The molecule has 74 valence electrons. The Morgan fingerprint density at radius 3 is 2.00 bits per heavy atom. The zero-order valence-corrected chi connectivity index (χ0v) is 7.45. The number of hydrogen-bond acceptors (Lipinski definition) is 5. The average molecular weight is 188 g/mol. The molecule has 5 nitrogen and oxygen atoms in total. The summed E-state index contributed by atoms with van der Waals surface area (Å²) < 4.78 is 13.3. The van der Waals surface area contributed by atoms with Crippen molar-refractivity contribution in [3.05, 3.63) is 0 Å². The standard InChI is InChI=1S/C5H8O2.C3H4O3/c1-4-2-3-5(6)7-4;4-3-5-1-2-6-3/h4H,2-3H2,1H3;1-2H2. The van der Waals surface area contributed by atoms with Gasteiger partial charge in [-0.25, -0.2) is 4.79 Å². The minimum Gasteiger partial charge on any atom is -0.463 e. The fraction of sp³-hybridized carbons (Fsp3) is 0.750. The van der Waals surface area contributed by atoms with Crippen molar-refractivity contribution in [3.63, 3.8) is 0 Å². The van der Waals surface area contributed by atoms with Crippen LogP contribution in [0.3, 0.4) is 0 Å². The highest BCUT2D eigenvalue weighted by molar-refractivity contribution is 5.71. The molecular weight excluding hydrogens is 176 g/mol. The highest BCUT2D eigenvalue weighted by Crippen LogP contribution is 2.11. The van der Waals surface area contributed by atoms with Crippen LogP contribution in [-0.4, -0.2) is 31.4 Å². The molecule has 1 unspecified atom stereocenters. The molecular formula is C8H12O5. The van der Waals surface area contributed by atoms with Crippen molar-refractivity contribution >= 4 is 12.1 Å². The summed E-state index contributed by atoms with van der Waals surface area (Å²) in [5.41, 5.74) is 0. The van der Waals surface area contributed by atoms with Gasteiger partial charge >= 0.3 is 12.1 Å². The zero-order chi connectivity index (χ0) is 9.68. The van der Waals surface area contributed by atoms with Gasteiger partial charge in [-0.05, 0) is 13.3 Å². The fourth-order valence-corrected chi connectivity index (χ4v) is 0.955. The number of ether oxygens (including phenoxy) is 3. The maximum Gasteiger partial charge on any atom is 0.508 e. The molecule has 0 aliphatic carbocycles. The molecule has 0 N–H and O–H groups in total. The van der Waals surface area contributed by atoms with Crippen molar-refractivity contribution < 1.29 is 23.8 Å². The van der Waals surface area contributed by atoms with E-state index < -0.39 is 6.16 Å². The molecule has 2 heterocycles. The van der Waals surface area contributed by atoms with Crippen LogP contribution < -0.4 is 0 Å². The second-order valence-corrected chi connectivity index (χ2v) is 2.79. The minimum absolute atomic E-state index is 0.0486. The molecule has 0 aromatic heterocycles. The number of hydrogen-bond donors (Lipinski definition) is 0. The molecule has 13 heavy (non-hydrogen) atoms. The average Bonchev–Trinajstić information content (AvgIpc) is 2.64. The molecule has 0 radical (unpaired) electrons. The van der Waals surface area contributed by atoms with Crippen molar-refractivity contribution in [2.24, 2.45) is 0 Å². The first kappa shape index (κ1) is 9.83. The Morgan fingerprint density at radius 1 is 1.23 bits per heavy atom. The van der Waals surface area contributed by atoms with E-state index in [0.29, 0.717) is 19.6 Å². The maximum absolute atomic E-state index is 10.2. The normalized spacial score (nSPS) is 25.5. The van der Waals surface area contributed by atoms with E-state index in [1.165, 1.54) is 0 Å². The molecule has 2 saturated heterocycles. The number of carbonyl (C=O) groups is 2. The van der Waals surface area contributed by atoms with Gasteiger partial charge < -0.3 is 14.2 Å². The minimum atomic E-state index is -0.546. The highest BCUT2D eigenvalue weighted by Gasteiger charge is 2.17. The van der Waals surface area contributed by atoms with Crippen molar-refractivity contribution in [1.29, 1.82) is 0 Å². The monoisotopic (exact) mass is 188 g/mol. The summed E-state index contributed by atoms with van der Waals surface area (Å²) in [6, 6.07) is 0. The number of cyclic esters (lactones) is 3. The zero-order valence-electron chi connectivity index (χ0n) is 7.45. The Balaban J connectivity index is 0.000000132. The predicted molar refractivity (Wildman–Crippen MR) is 42.1 cm³/mol. The summed E-state index contributed by atoms with van der Waals surface area (Å²) in [7, 11) is 0. The van der Waals surface area contributed by atoms with Gasteiger partial charge in [0, 0.05) is 6.42 Å². The Kier molecular flexibility index (Phi) is 3.54. The first-order valence-electron chi connectivity index (χ1n) is 4.17. The molecule has 1 atom stereocenters. The lowest BCUT2D eigenvalue weighted by molar-refractivity contribution is -0.140. The summed E-state index contributed by atoms with van der Waals surface area (Å²) in [6.07, 6.45) is 1.14. The van der Waals surface area contributed by atoms with Crippen LogP contribution in [0.2, 0.25) is 0 Å². The molecule has 2 aliphatic heterocycles. The third-order valence-corrected chi connectivity index (χ3v) is 1.61. The van der Waals surface area contributed by atoms with Crippen LogP contribution in [0, 0.1) is 0 Å². The predicted octanol–water partition coefficient (Wildman–Crippen LogP) is 0.865. The molecule has 0 bridgehead atoms. The van der Waals surface area contributed by atoms with E-state index in [1.54, 1.807) is 0 Å². The smallest absolute Gasteiger partial charge is 0.463 e. The molecule has 2 rings (SSSR count). The van der Waals surface area contributed by atoms with Gasteiger partial charge in [0.15, 0.2) is 0 Å². The highest BCUT2D eigenvalue weighted by atomic mass is 16.8. The Hall–Kier alpha value is -1.26. The Morgan fingerprint density at radius 2 is 1.85 bits per heavy atom. The van der Waals surface area contributed by atoms with Crippen molar-refractivity contribution in [3.8, 4) is 0 Å². The summed E-state index contributed by atoms with van der Waals surface area (Å²) in [4.78, 5) is 20.0. The number of rotatable bonds is 0. The van der Waals surface area contributed by atoms with E-state index in [9.17, 15) is 9.59 Å². The van der Waals surface area contributed by atoms with Crippen molar-refractivity contribution in [2.45, 2.75) is 25.9 Å². The molecule has 0 amide bonds. The van der Waals surface area contributed by atoms with Crippen LogP contribution in [-0.2, 0) is 19.0 Å². The molecule has 0 saturated carbocycles. The Bertz CT molecular complexity index is 193. The van der Waals surface area contributed by atoms with Gasteiger partial charge in [-0.2, -0.15) is 0 Å². The lowest BCUT2D eigenvalue weighted by Crippen LogP contribution is -1.98. The molecule has 0 aromatic carbocycles. The maximum atomic E-state index is 10.2. The summed E-state index contributed by atoms with van der Waals surface area (Å²) >= 11 is 0. The van der Waals surface area contributed by atoms with Crippen molar-refractivity contribution in [2.75, 3.05) is 13.2 Å². The van der Waals surface area contributed by atoms with Crippen LogP contribution in [0.1, 0.15) is 19.8 Å². The topological polar surface area (TPSA) is 61.8 Å². The number of carbonyl (C=O) groups excluding carboxylic acids is 2. The summed E-state index contributed by atoms with van der Waals surface area (Å²) in [5.74, 6) is -0.0486. The van der Waals surface area contributed by atoms with Gasteiger partial charge in [0.25, 0.3) is 0 Å². The first-order valence-corrected chi connectivity index (χ1v) is 4.17. The SMILES string of the molecule is CC1CCC(=O)O1.O=C1OCCO1. The second kappa shape index (κ2) is 4.69. The number of esters is 1. The van der Waals surface area contributed by atoms with Gasteiger partial charge in [0.2, 0.25) is 0 Å². The van der Waals surface area contributed by atoms with Gasteiger partial charge in [-0.15, -0.1) is 0 Å². The lowest BCUT2D eigenvalue weighted by atomic mass is 10.3. The van der Waals surface area contributed by atoms with Crippen molar-refractivity contribution in [1.82, 2.24) is 0 Å². The van der Waals surface area contributed by atoms with Crippen LogP contribution in [0.5, 0.6) is 0 Å². The molecule has 0 aromatic rings. The van der Waals surface area contributed by atoms with E-state index >= 15 is 0 Å². The van der Waals surface area contributed by atoms with E-state index in [-0.39, 0.29) is 12.1 Å². The van der Waals surface area contributed by atoms with E-state index in [0.717, 1.165) is 6.42 Å².